The standard InChI is InChI=1S/C24H23FN2O2/c1-17(20-11-8-12-21(15-20)26-18(2)28)27(16-19-9-4-3-5-10-19)24(29)22-13-6-7-14-23(22)25/h3-15,17H,16H2,1-2H3,(H,26,28)/t17-/m0/s1. The van der Waals surface area contributed by atoms with Crippen molar-refractivity contribution in [1.29, 1.82) is 0 Å². The van der Waals surface area contributed by atoms with E-state index in [-0.39, 0.29) is 23.4 Å². The zero-order chi connectivity index (χ0) is 20.8. The molecule has 0 saturated heterocycles. The normalized spacial score (nSPS) is 11.6. The Morgan fingerprint density at radius 1 is 0.966 bits per heavy atom. The van der Waals surface area contributed by atoms with Gasteiger partial charge >= 0.3 is 0 Å². The van der Waals surface area contributed by atoms with Crippen LogP contribution in [-0.2, 0) is 11.3 Å². The van der Waals surface area contributed by atoms with Crippen molar-refractivity contribution in [3.8, 4) is 0 Å². The Labute approximate surface area is 170 Å². The van der Waals surface area contributed by atoms with Crippen LogP contribution in [0.2, 0.25) is 0 Å². The van der Waals surface area contributed by atoms with Gasteiger partial charge in [0.15, 0.2) is 0 Å². The second-order valence-electron chi connectivity index (χ2n) is 6.88. The number of benzene rings is 3. The number of nitrogens with zero attached hydrogens (tertiary/aromatic N) is 1. The minimum absolute atomic E-state index is 0.0355. The number of amides is 2. The highest BCUT2D eigenvalue weighted by molar-refractivity contribution is 5.94. The van der Waals surface area contributed by atoms with Crippen LogP contribution in [0.5, 0.6) is 0 Å². The molecule has 3 rings (SSSR count). The maximum absolute atomic E-state index is 14.3. The Kier molecular flexibility index (Phi) is 6.39. The van der Waals surface area contributed by atoms with E-state index in [0.717, 1.165) is 11.1 Å². The summed E-state index contributed by atoms with van der Waals surface area (Å²) in [7, 11) is 0. The first-order chi connectivity index (χ1) is 14.0. The first kappa shape index (κ1) is 20.3. The summed E-state index contributed by atoms with van der Waals surface area (Å²) in [5, 5.41) is 2.76. The SMILES string of the molecule is CC(=O)Nc1cccc([C@H](C)N(Cc2ccccc2)C(=O)c2ccccc2F)c1. The first-order valence-corrected chi connectivity index (χ1v) is 9.42. The molecule has 0 aromatic heterocycles. The van der Waals surface area contributed by atoms with E-state index < -0.39 is 5.82 Å². The lowest BCUT2D eigenvalue weighted by atomic mass is 10.0. The van der Waals surface area contributed by atoms with Crippen LogP contribution in [0.4, 0.5) is 10.1 Å². The van der Waals surface area contributed by atoms with Crippen molar-refractivity contribution >= 4 is 17.5 Å². The highest BCUT2D eigenvalue weighted by atomic mass is 19.1. The van der Waals surface area contributed by atoms with Crippen LogP contribution in [0.25, 0.3) is 0 Å². The summed E-state index contributed by atoms with van der Waals surface area (Å²) < 4.78 is 14.3. The number of carbonyl (C=O) groups excluding carboxylic acids is 2. The van der Waals surface area contributed by atoms with Crippen molar-refractivity contribution in [2.24, 2.45) is 0 Å². The van der Waals surface area contributed by atoms with Crippen molar-refractivity contribution in [2.75, 3.05) is 5.32 Å². The summed E-state index contributed by atoms with van der Waals surface area (Å²) in [4.78, 5) is 26.3. The second-order valence-corrected chi connectivity index (χ2v) is 6.88. The average Bonchev–Trinajstić information content (AvgIpc) is 2.72. The number of halogens is 1. The summed E-state index contributed by atoms with van der Waals surface area (Å²) in [6.45, 7) is 3.67. The fourth-order valence-electron chi connectivity index (χ4n) is 3.21. The zero-order valence-electron chi connectivity index (χ0n) is 16.4. The van der Waals surface area contributed by atoms with E-state index in [4.69, 9.17) is 0 Å². The van der Waals surface area contributed by atoms with Crippen molar-refractivity contribution < 1.29 is 14.0 Å². The topological polar surface area (TPSA) is 49.4 Å². The molecule has 148 valence electrons. The van der Waals surface area contributed by atoms with E-state index in [0.29, 0.717) is 12.2 Å². The summed E-state index contributed by atoms with van der Waals surface area (Å²) in [6, 6.07) is 22.6. The maximum atomic E-state index is 14.3. The van der Waals surface area contributed by atoms with Gasteiger partial charge in [-0.15, -0.1) is 0 Å². The largest absolute Gasteiger partial charge is 0.327 e. The van der Waals surface area contributed by atoms with Crippen molar-refractivity contribution in [1.82, 2.24) is 4.90 Å². The van der Waals surface area contributed by atoms with Crippen LogP contribution >= 0.6 is 0 Å². The zero-order valence-corrected chi connectivity index (χ0v) is 16.4. The van der Waals surface area contributed by atoms with Gasteiger partial charge in [0.05, 0.1) is 11.6 Å². The van der Waals surface area contributed by atoms with Crippen molar-refractivity contribution in [2.45, 2.75) is 26.4 Å². The molecule has 1 N–H and O–H groups in total. The Morgan fingerprint density at radius 2 is 1.66 bits per heavy atom. The van der Waals surface area contributed by atoms with Gasteiger partial charge in [-0.3, -0.25) is 9.59 Å². The van der Waals surface area contributed by atoms with Crippen LogP contribution in [0.3, 0.4) is 0 Å². The van der Waals surface area contributed by atoms with Gasteiger partial charge in [0, 0.05) is 19.2 Å². The molecule has 2 amide bonds. The molecule has 0 aliphatic carbocycles. The third-order valence-electron chi connectivity index (χ3n) is 4.72. The second kappa shape index (κ2) is 9.15. The predicted molar refractivity (Wildman–Crippen MR) is 112 cm³/mol. The van der Waals surface area contributed by atoms with Gasteiger partial charge in [-0.05, 0) is 42.3 Å². The van der Waals surface area contributed by atoms with Crippen LogP contribution in [0.15, 0.2) is 78.9 Å². The quantitative estimate of drug-likeness (QED) is 0.630. The lowest BCUT2D eigenvalue weighted by Crippen LogP contribution is -2.33. The Balaban J connectivity index is 1.97. The Morgan fingerprint density at radius 3 is 2.34 bits per heavy atom. The molecule has 29 heavy (non-hydrogen) atoms. The van der Waals surface area contributed by atoms with Gasteiger partial charge in [0.25, 0.3) is 5.91 Å². The minimum atomic E-state index is -0.547. The van der Waals surface area contributed by atoms with E-state index >= 15 is 0 Å². The van der Waals surface area contributed by atoms with Crippen LogP contribution in [0.1, 0.15) is 41.4 Å². The van der Waals surface area contributed by atoms with Gasteiger partial charge in [0.1, 0.15) is 5.82 Å². The van der Waals surface area contributed by atoms with E-state index in [1.807, 2.05) is 55.5 Å². The number of hydrogen-bond donors (Lipinski definition) is 1. The lowest BCUT2D eigenvalue weighted by Gasteiger charge is -2.30. The van der Waals surface area contributed by atoms with Gasteiger partial charge in [-0.1, -0.05) is 54.6 Å². The number of nitrogens with one attached hydrogen (secondary N) is 1. The summed E-state index contributed by atoms with van der Waals surface area (Å²) in [6.07, 6.45) is 0. The molecule has 0 aliphatic heterocycles. The molecular formula is C24H23FN2O2. The van der Waals surface area contributed by atoms with Gasteiger partial charge < -0.3 is 10.2 Å². The highest BCUT2D eigenvalue weighted by Crippen LogP contribution is 2.27. The Hall–Kier alpha value is -3.47. The maximum Gasteiger partial charge on any atom is 0.257 e. The average molecular weight is 390 g/mol. The van der Waals surface area contributed by atoms with Gasteiger partial charge in [-0.2, -0.15) is 0 Å². The fourth-order valence-corrected chi connectivity index (χ4v) is 3.21. The number of anilines is 1. The molecule has 4 nitrogen and oxygen atoms in total. The third kappa shape index (κ3) is 5.08. The Bertz CT molecular complexity index is 1000. The van der Waals surface area contributed by atoms with Gasteiger partial charge in [-0.25, -0.2) is 4.39 Å². The molecule has 5 heteroatoms. The summed E-state index contributed by atoms with van der Waals surface area (Å²) in [5.41, 5.74) is 2.48. The molecule has 0 radical (unpaired) electrons. The molecule has 3 aromatic rings. The molecule has 0 saturated carbocycles. The number of hydrogen-bond acceptors (Lipinski definition) is 2. The fraction of sp³-hybridized carbons (Fsp3) is 0.167. The molecule has 3 aromatic carbocycles. The van der Waals surface area contributed by atoms with Crippen LogP contribution in [0, 0.1) is 5.82 Å². The molecule has 0 heterocycles. The molecule has 1 atom stereocenters. The monoisotopic (exact) mass is 390 g/mol. The minimum Gasteiger partial charge on any atom is -0.327 e. The number of carbonyl (C=O) groups is 2. The first-order valence-electron chi connectivity index (χ1n) is 9.42. The van der Waals surface area contributed by atoms with Crippen LogP contribution in [-0.4, -0.2) is 16.7 Å². The van der Waals surface area contributed by atoms with Crippen molar-refractivity contribution in [3.05, 3.63) is 101 Å². The van der Waals surface area contributed by atoms with E-state index in [2.05, 4.69) is 5.32 Å². The molecule has 0 aliphatic rings. The molecule has 0 fully saturated rings. The summed E-state index contributed by atoms with van der Waals surface area (Å²) >= 11 is 0. The van der Waals surface area contributed by atoms with E-state index in [9.17, 15) is 14.0 Å². The summed E-state index contributed by atoms with van der Waals surface area (Å²) in [5.74, 6) is -1.10. The molecule has 0 bridgehead atoms. The third-order valence-corrected chi connectivity index (χ3v) is 4.72. The highest BCUT2D eigenvalue weighted by Gasteiger charge is 2.25. The van der Waals surface area contributed by atoms with E-state index in [1.54, 1.807) is 23.1 Å². The molecular weight excluding hydrogens is 367 g/mol. The molecule has 0 spiro atoms. The van der Waals surface area contributed by atoms with Gasteiger partial charge in [0.2, 0.25) is 5.91 Å². The number of rotatable bonds is 6. The smallest absolute Gasteiger partial charge is 0.257 e. The van der Waals surface area contributed by atoms with E-state index in [1.165, 1.54) is 19.1 Å². The lowest BCUT2D eigenvalue weighted by molar-refractivity contribution is -0.114. The van der Waals surface area contributed by atoms with Crippen molar-refractivity contribution in [3.63, 3.8) is 0 Å². The predicted octanol–water partition coefficient (Wildman–Crippen LogP) is 5.19. The molecule has 0 unspecified atom stereocenters. The van der Waals surface area contributed by atoms with Crippen LogP contribution < -0.4 is 5.32 Å².